The molecular formula is C8H8S2. The second kappa shape index (κ2) is 2.07. The minimum Gasteiger partial charge on any atom is -0.142 e. The average molecular weight is 168 g/mol. The molecule has 0 saturated heterocycles. The molecule has 0 aliphatic rings. The summed E-state index contributed by atoms with van der Waals surface area (Å²) < 4.78 is 2.95. The summed E-state index contributed by atoms with van der Waals surface area (Å²) >= 11 is 3.72. The van der Waals surface area contributed by atoms with Crippen LogP contribution in [0.3, 0.4) is 0 Å². The maximum Gasteiger partial charge on any atom is 0.0482 e. The molecule has 2 aromatic rings. The van der Waals surface area contributed by atoms with Crippen LogP contribution in [0.25, 0.3) is 9.40 Å². The topological polar surface area (TPSA) is 0 Å². The van der Waals surface area contributed by atoms with Crippen LogP contribution in [0.15, 0.2) is 10.8 Å². The van der Waals surface area contributed by atoms with E-state index in [0.29, 0.717) is 0 Å². The summed E-state index contributed by atoms with van der Waals surface area (Å²) in [4.78, 5) is 0. The van der Waals surface area contributed by atoms with Gasteiger partial charge in [-0.15, -0.1) is 22.7 Å². The summed E-state index contributed by atoms with van der Waals surface area (Å²) in [5.74, 6) is 0. The van der Waals surface area contributed by atoms with Gasteiger partial charge in [-0.05, 0) is 35.7 Å². The molecule has 0 radical (unpaired) electrons. The zero-order valence-corrected chi connectivity index (χ0v) is 7.60. The van der Waals surface area contributed by atoms with Gasteiger partial charge >= 0.3 is 0 Å². The number of fused-ring (bicyclic) bond motifs is 1. The predicted octanol–water partition coefficient (Wildman–Crippen LogP) is 3.58. The van der Waals surface area contributed by atoms with Crippen molar-refractivity contribution < 1.29 is 0 Å². The minimum absolute atomic E-state index is 1.43. The summed E-state index contributed by atoms with van der Waals surface area (Å²) in [5.41, 5.74) is 2.86. The van der Waals surface area contributed by atoms with Crippen LogP contribution >= 0.6 is 22.7 Å². The lowest BCUT2D eigenvalue weighted by Crippen LogP contribution is -1.56. The molecule has 2 heterocycles. The third-order valence-corrected chi connectivity index (χ3v) is 4.23. The van der Waals surface area contributed by atoms with Crippen LogP contribution in [0.1, 0.15) is 11.1 Å². The fourth-order valence-corrected chi connectivity index (χ4v) is 3.34. The van der Waals surface area contributed by atoms with Crippen LogP contribution in [0, 0.1) is 13.8 Å². The number of rotatable bonds is 0. The van der Waals surface area contributed by atoms with E-state index in [0.717, 1.165) is 0 Å². The smallest absolute Gasteiger partial charge is 0.0482 e. The van der Waals surface area contributed by atoms with Gasteiger partial charge in [0, 0.05) is 9.40 Å². The standard InChI is InChI=1S/C8H8S2/c1-5-3-9-8-6(2)4-10-7(5)8/h3-4H,1-2H3. The van der Waals surface area contributed by atoms with Gasteiger partial charge in [-0.25, -0.2) is 0 Å². The predicted molar refractivity (Wildman–Crippen MR) is 49.2 cm³/mol. The van der Waals surface area contributed by atoms with E-state index in [2.05, 4.69) is 24.6 Å². The van der Waals surface area contributed by atoms with Crippen molar-refractivity contribution in [2.45, 2.75) is 13.8 Å². The van der Waals surface area contributed by atoms with E-state index in [4.69, 9.17) is 0 Å². The molecule has 2 rings (SSSR count). The zero-order chi connectivity index (χ0) is 7.14. The first-order chi connectivity index (χ1) is 4.79. The van der Waals surface area contributed by atoms with Crippen molar-refractivity contribution >= 4 is 32.1 Å². The number of aryl methyl sites for hydroxylation is 2. The summed E-state index contributed by atoms with van der Waals surface area (Å²) in [5, 5.41) is 4.46. The maximum absolute atomic E-state index is 2.23. The highest BCUT2D eigenvalue weighted by Gasteiger charge is 2.03. The first-order valence-corrected chi connectivity index (χ1v) is 4.97. The average Bonchev–Trinajstić information content (AvgIpc) is 2.41. The van der Waals surface area contributed by atoms with E-state index in [1.807, 2.05) is 22.7 Å². The normalized spacial score (nSPS) is 11.0. The second-order valence-corrected chi connectivity index (χ2v) is 4.25. The second-order valence-electron chi connectivity index (χ2n) is 2.50. The van der Waals surface area contributed by atoms with Crippen LogP contribution in [0.2, 0.25) is 0 Å². The molecule has 0 bridgehead atoms. The number of hydrogen-bond acceptors (Lipinski definition) is 2. The molecule has 0 fully saturated rings. The minimum atomic E-state index is 1.43. The van der Waals surface area contributed by atoms with Gasteiger partial charge in [-0.2, -0.15) is 0 Å². The van der Waals surface area contributed by atoms with Crippen molar-refractivity contribution in [2.75, 3.05) is 0 Å². The quantitative estimate of drug-likeness (QED) is 0.564. The largest absolute Gasteiger partial charge is 0.142 e. The highest BCUT2D eigenvalue weighted by molar-refractivity contribution is 7.26. The van der Waals surface area contributed by atoms with Gasteiger partial charge in [0.05, 0.1) is 0 Å². The molecule has 0 N–H and O–H groups in total. The Morgan fingerprint density at radius 3 is 1.70 bits per heavy atom. The SMILES string of the molecule is Cc1csc2c(C)csc12. The zero-order valence-electron chi connectivity index (χ0n) is 5.97. The Morgan fingerprint density at radius 1 is 0.900 bits per heavy atom. The van der Waals surface area contributed by atoms with E-state index in [1.54, 1.807) is 0 Å². The molecule has 0 aliphatic heterocycles. The Balaban J connectivity index is 2.95. The molecule has 0 aliphatic carbocycles. The van der Waals surface area contributed by atoms with Crippen molar-refractivity contribution in [3.05, 3.63) is 21.9 Å². The van der Waals surface area contributed by atoms with E-state index in [9.17, 15) is 0 Å². The lowest BCUT2D eigenvalue weighted by atomic mass is 10.3. The molecule has 0 amide bonds. The fraction of sp³-hybridized carbons (Fsp3) is 0.250. The molecule has 0 aromatic carbocycles. The van der Waals surface area contributed by atoms with E-state index >= 15 is 0 Å². The van der Waals surface area contributed by atoms with E-state index < -0.39 is 0 Å². The van der Waals surface area contributed by atoms with Gasteiger partial charge < -0.3 is 0 Å². The van der Waals surface area contributed by atoms with Gasteiger partial charge in [0.1, 0.15) is 0 Å². The molecule has 0 nitrogen and oxygen atoms in total. The molecule has 2 heteroatoms. The lowest BCUT2D eigenvalue weighted by molar-refractivity contribution is 1.61. The Morgan fingerprint density at radius 2 is 1.30 bits per heavy atom. The van der Waals surface area contributed by atoms with Gasteiger partial charge in [-0.3, -0.25) is 0 Å². The number of hydrogen-bond donors (Lipinski definition) is 0. The van der Waals surface area contributed by atoms with Crippen molar-refractivity contribution in [3.8, 4) is 0 Å². The lowest BCUT2D eigenvalue weighted by Gasteiger charge is -1.77. The molecule has 2 aromatic heterocycles. The van der Waals surface area contributed by atoms with E-state index in [1.165, 1.54) is 20.5 Å². The van der Waals surface area contributed by atoms with E-state index in [-0.39, 0.29) is 0 Å². The van der Waals surface area contributed by atoms with Crippen LogP contribution < -0.4 is 0 Å². The molecule has 52 valence electrons. The van der Waals surface area contributed by atoms with Crippen LogP contribution in [-0.2, 0) is 0 Å². The van der Waals surface area contributed by atoms with Crippen LogP contribution in [0.5, 0.6) is 0 Å². The van der Waals surface area contributed by atoms with Gasteiger partial charge in [0.15, 0.2) is 0 Å². The van der Waals surface area contributed by atoms with Crippen molar-refractivity contribution in [1.29, 1.82) is 0 Å². The third-order valence-electron chi connectivity index (χ3n) is 1.63. The Kier molecular flexibility index (Phi) is 1.32. The summed E-state index contributed by atoms with van der Waals surface area (Å²) in [6.07, 6.45) is 0. The van der Waals surface area contributed by atoms with Crippen LogP contribution in [-0.4, -0.2) is 0 Å². The molecule has 0 atom stereocenters. The van der Waals surface area contributed by atoms with Gasteiger partial charge in [0.25, 0.3) is 0 Å². The molecule has 0 unspecified atom stereocenters. The Hall–Kier alpha value is -0.340. The monoisotopic (exact) mass is 168 g/mol. The molecule has 0 saturated carbocycles. The summed E-state index contributed by atoms with van der Waals surface area (Å²) in [6.45, 7) is 4.35. The molecule has 0 spiro atoms. The van der Waals surface area contributed by atoms with Gasteiger partial charge in [-0.1, -0.05) is 0 Å². The Bertz CT molecular complexity index is 318. The van der Waals surface area contributed by atoms with Crippen molar-refractivity contribution in [3.63, 3.8) is 0 Å². The highest BCUT2D eigenvalue weighted by atomic mass is 32.1. The Labute approximate surface area is 68.1 Å². The first kappa shape index (κ1) is 6.38. The van der Waals surface area contributed by atoms with Crippen molar-refractivity contribution in [1.82, 2.24) is 0 Å². The first-order valence-electron chi connectivity index (χ1n) is 3.21. The third kappa shape index (κ3) is 0.724. The van der Waals surface area contributed by atoms with Crippen LogP contribution in [0.4, 0.5) is 0 Å². The van der Waals surface area contributed by atoms with Crippen molar-refractivity contribution in [2.24, 2.45) is 0 Å². The number of thiophene rings is 2. The fourth-order valence-electron chi connectivity index (χ4n) is 1.05. The maximum atomic E-state index is 2.23. The van der Waals surface area contributed by atoms with Gasteiger partial charge in [0.2, 0.25) is 0 Å². The molecular weight excluding hydrogens is 160 g/mol. The highest BCUT2D eigenvalue weighted by Crippen LogP contribution is 2.33. The molecule has 10 heavy (non-hydrogen) atoms. The summed E-state index contributed by atoms with van der Waals surface area (Å²) in [6, 6.07) is 0. The summed E-state index contributed by atoms with van der Waals surface area (Å²) in [7, 11) is 0.